The highest BCUT2D eigenvalue weighted by atomic mass is 19.4. The lowest BCUT2D eigenvalue weighted by atomic mass is 9.83. The van der Waals surface area contributed by atoms with E-state index < -0.39 is 42.0 Å². The van der Waals surface area contributed by atoms with Gasteiger partial charge in [0.2, 0.25) is 5.78 Å². The summed E-state index contributed by atoms with van der Waals surface area (Å²) in [6.07, 6.45) is -1.17. The summed E-state index contributed by atoms with van der Waals surface area (Å²) in [7, 11) is 1.87. The molecule has 0 aromatic heterocycles. The average Bonchev–Trinajstić information content (AvgIpc) is 3.47. The van der Waals surface area contributed by atoms with Crippen molar-refractivity contribution in [3.63, 3.8) is 0 Å². The van der Waals surface area contributed by atoms with Gasteiger partial charge in [0.1, 0.15) is 4.87 Å². The number of ketones is 1. The number of halogens is 3. The molecule has 1 amide bonds. The predicted octanol–water partition coefficient (Wildman–Crippen LogP) is 3.53. The van der Waals surface area contributed by atoms with E-state index >= 15 is 0 Å². The molecule has 0 spiro atoms. The fourth-order valence-corrected chi connectivity index (χ4v) is 5.80. The number of amides is 1. The number of nitrogens with zero attached hydrogens (tertiary/aromatic N) is 3. The molecule has 0 aliphatic carbocycles. The summed E-state index contributed by atoms with van der Waals surface area (Å²) >= 11 is 0. The van der Waals surface area contributed by atoms with Crippen LogP contribution >= 0.6 is 0 Å². The Hall–Kier alpha value is -4.06. The third-order valence-electron chi connectivity index (χ3n) is 8.15. The SMILES string of the molecule is CN1CCC(C(=O)C2(OC(=O)C(F)(F)F)Cc3ccccc3C(Cc3ccc(C(=O)N4CC=CC4)cc3)[N+](=O)N2)CC1. The van der Waals surface area contributed by atoms with Gasteiger partial charge < -0.3 is 14.5 Å². The van der Waals surface area contributed by atoms with Gasteiger partial charge >= 0.3 is 12.1 Å². The summed E-state index contributed by atoms with van der Waals surface area (Å²) < 4.78 is 45.3. The van der Waals surface area contributed by atoms with E-state index in [0.29, 0.717) is 66.1 Å². The van der Waals surface area contributed by atoms with Crippen molar-refractivity contribution in [2.45, 2.75) is 43.6 Å². The number of ether oxygens (including phenoxy) is 1. The van der Waals surface area contributed by atoms with E-state index in [1.54, 1.807) is 53.4 Å². The van der Waals surface area contributed by atoms with E-state index in [4.69, 9.17) is 4.74 Å². The lowest BCUT2D eigenvalue weighted by Crippen LogP contribution is -2.62. The molecule has 0 radical (unpaired) electrons. The maximum absolute atomic E-state index is 13.9. The second-order valence-corrected chi connectivity index (χ2v) is 11.1. The van der Waals surface area contributed by atoms with Crippen molar-refractivity contribution >= 4 is 17.7 Å². The number of benzene rings is 2. The van der Waals surface area contributed by atoms with Crippen molar-refractivity contribution in [2.75, 3.05) is 33.2 Å². The molecule has 1 fully saturated rings. The van der Waals surface area contributed by atoms with Gasteiger partial charge in [-0.25, -0.2) is 4.79 Å². The number of carbonyl (C=O) groups is 3. The van der Waals surface area contributed by atoms with Crippen LogP contribution in [-0.4, -0.2) is 77.5 Å². The molecular formula is C30H32F3N4O5+. The topological polar surface area (TPSA) is 99.0 Å². The van der Waals surface area contributed by atoms with Crippen LogP contribution in [0.25, 0.3) is 0 Å². The maximum Gasteiger partial charge on any atom is 0.491 e. The third-order valence-corrected chi connectivity index (χ3v) is 8.15. The van der Waals surface area contributed by atoms with Crippen LogP contribution in [0, 0.1) is 10.8 Å². The number of nitroso groups, excluding NO2 is 1. The molecule has 2 atom stereocenters. The maximum atomic E-state index is 13.9. The first kappa shape index (κ1) is 29.4. The second-order valence-electron chi connectivity index (χ2n) is 11.1. The minimum atomic E-state index is -5.37. The minimum absolute atomic E-state index is 0.110. The Labute approximate surface area is 240 Å². The molecule has 9 nitrogen and oxygen atoms in total. The van der Waals surface area contributed by atoms with E-state index in [0.717, 1.165) is 0 Å². The van der Waals surface area contributed by atoms with Crippen LogP contribution in [0.15, 0.2) is 60.7 Å². The first-order valence-electron chi connectivity index (χ1n) is 13.8. The highest BCUT2D eigenvalue weighted by Crippen LogP contribution is 2.36. The minimum Gasteiger partial charge on any atom is -0.419 e. The number of fused-ring (bicyclic) bond motifs is 1. The van der Waals surface area contributed by atoms with Gasteiger partial charge in [-0.3, -0.25) is 9.59 Å². The molecule has 0 saturated carbocycles. The summed E-state index contributed by atoms with van der Waals surface area (Å²) in [6, 6.07) is 12.4. The van der Waals surface area contributed by atoms with Crippen molar-refractivity contribution in [2.24, 2.45) is 5.92 Å². The number of likely N-dealkylation sites (tertiary alicyclic amines) is 1. The number of nitrogens with one attached hydrogen (secondary N) is 1. The van der Waals surface area contributed by atoms with Crippen molar-refractivity contribution in [1.82, 2.24) is 15.2 Å². The third kappa shape index (κ3) is 6.08. The van der Waals surface area contributed by atoms with Gasteiger partial charge in [-0.2, -0.15) is 13.2 Å². The Kier molecular flexibility index (Phi) is 8.18. The van der Waals surface area contributed by atoms with Crippen LogP contribution in [0.5, 0.6) is 0 Å². The summed E-state index contributed by atoms with van der Waals surface area (Å²) in [5, 5.41) is 0. The zero-order chi connectivity index (χ0) is 30.1. The molecule has 222 valence electrons. The zero-order valence-corrected chi connectivity index (χ0v) is 23.1. The van der Waals surface area contributed by atoms with Crippen LogP contribution < -0.4 is 5.43 Å². The molecule has 1 N–H and O–H groups in total. The summed E-state index contributed by atoms with van der Waals surface area (Å²) in [4.78, 5) is 56.5. The molecule has 2 aromatic carbocycles. The highest BCUT2D eigenvalue weighted by Gasteiger charge is 2.57. The molecule has 3 aliphatic rings. The predicted molar refractivity (Wildman–Crippen MR) is 145 cm³/mol. The number of alkyl halides is 3. The average molecular weight is 586 g/mol. The molecule has 3 heterocycles. The lowest BCUT2D eigenvalue weighted by molar-refractivity contribution is -0.661. The van der Waals surface area contributed by atoms with Gasteiger partial charge in [0.15, 0.2) is 0 Å². The van der Waals surface area contributed by atoms with Crippen molar-refractivity contribution in [1.29, 1.82) is 0 Å². The molecule has 2 unspecified atom stereocenters. The van der Waals surface area contributed by atoms with Crippen molar-refractivity contribution in [3.8, 4) is 0 Å². The van der Waals surface area contributed by atoms with E-state index in [9.17, 15) is 32.5 Å². The molecule has 3 aliphatic heterocycles. The van der Waals surface area contributed by atoms with Gasteiger partial charge in [0.05, 0.1) is 4.91 Å². The Morgan fingerprint density at radius 1 is 1.02 bits per heavy atom. The van der Waals surface area contributed by atoms with Gasteiger partial charge in [-0.1, -0.05) is 54.0 Å². The monoisotopic (exact) mass is 585 g/mol. The highest BCUT2D eigenvalue weighted by molar-refractivity contribution is 5.94. The Bertz CT molecular complexity index is 1390. The second kappa shape index (κ2) is 11.7. The largest absolute Gasteiger partial charge is 0.491 e. The molecule has 42 heavy (non-hydrogen) atoms. The number of hydrogen-bond donors (Lipinski definition) is 1. The summed E-state index contributed by atoms with van der Waals surface area (Å²) in [5.74, 6) is -4.14. The van der Waals surface area contributed by atoms with E-state index in [-0.39, 0.29) is 12.3 Å². The number of piperidine rings is 1. The quantitative estimate of drug-likeness (QED) is 0.315. The fourth-order valence-electron chi connectivity index (χ4n) is 5.80. The van der Waals surface area contributed by atoms with Crippen LogP contribution in [0.2, 0.25) is 0 Å². The zero-order valence-electron chi connectivity index (χ0n) is 23.1. The molecule has 1 saturated heterocycles. The lowest BCUT2D eigenvalue weighted by Gasteiger charge is -2.35. The van der Waals surface area contributed by atoms with E-state index in [1.165, 1.54) is 0 Å². The van der Waals surface area contributed by atoms with Crippen LogP contribution in [0.1, 0.15) is 45.9 Å². The fraction of sp³-hybridized carbons (Fsp3) is 0.433. The number of hydrogen-bond acceptors (Lipinski definition) is 6. The molecule has 5 rings (SSSR count). The van der Waals surface area contributed by atoms with Crippen LogP contribution in [0.4, 0.5) is 13.2 Å². The van der Waals surface area contributed by atoms with Crippen LogP contribution in [-0.2, 0) is 27.2 Å². The Balaban J connectivity index is 1.46. The first-order valence-corrected chi connectivity index (χ1v) is 13.8. The van der Waals surface area contributed by atoms with Crippen molar-refractivity contribution < 1.29 is 37.2 Å². The molecule has 0 bridgehead atoms. The number of rotatable bonds is 6. The number of hydrazine groups is 1. The molecule has 2 aromatic rings. The number of Topliss-reactive ketones (excluding diaryl/α,β-unsaturated/α-hetero) is 1. The molecule has 12 heteroatoms. The van der Waals surface area contributed by atoms with Gasteiger partial charge in [0.25, 0.3) is 17.7 Å². The smallest absolute Gasteiger partial charge is 0.419 e. The van der Waals surface area contributed by atoms with Gasteiger partial charge in [-0.05, 0) is 56.2 Å². The summed E-state index contributed by atoms with van der Waals surface area (Å²) in [5.41, 5.74) is 1.93. The van der Waals surface area contributed by atoms with E-state index in [1.807, 2.05) is 24.1 Å². The van der Waals surface area contributed by atoms with Crippen molar-refractivity contribution in [3.05, 3.63) is 87.8 Å². The van der Waals surface area contributed by atoms with Gasteiger partial charge in [0, 0.05) is 43.0 Å². The Morgan fingerprint density at radius 2 is 1.67 bits per heavy atom. The number of carbonyl (C=O) groups excluding carboxylic acids is 3. The normalized spacial score (nSPS) is 23.2. The first-order chi connectivity index (χ1) is 20.0. The van der Waals surface area contributed by atoms with Gasteiger partial charge in [-0.15, -0.1) is 0 Å². The summed E-state index contributed by atoms with van der Waals surface area (Å²) in [6.45, 7) is 2.14. The van der Waals surface area contributed by atoms with E-state index in [2.05, 4.69) is 5.43 Å². The van der Waals surface area contributed by atoms with Crippen LogP contribution in [0.3, 0.4) is 0 Å². The Morgan fingerprint density at radius 3 is 2.31 bits per heavy atom. The number of esters is 1. The molecular weight excluding hydrogens is 553 g/mol. The standard InChI is InChI=1S/C30H32F3N4O5/c1-35-16-12-21(13-17-35)26(38)29(42-28(40)30(31,32)33)19-23-6-2-3-7-24(23)25(37(41)34-29)18-20-8-10-22(11-9-20)27(39)36-14-4-5-15-36/h2-11,21,25H,12-19H2,1H3,(H,34,41)/q+1.